The van der Waals surface area contributed by atoms with E-state index in [4.69, 9.17) is 14.2 Å². The van der Waals surface area contributed by atoms with Gasteiger partial charge in [0, 0.05) is 12.0 Å². The summed E-state index contributed by atoms with van der Waals surface area (Å²) < 4.78 is 69.4. The first-order valence-corrected chi connectivity index (χ1v) is 9.43. The molecule has 6 nitrogen and oxygen atoms in total. The number of benzene rings is 1. The number of hydrogen-bond acceptors (Lipinski definition) is 5. The van der Waals surface area contributed by atoms with Gasteiger partial charge in [0.05, 0.1) is 19.3 Å². The molecule has 1 aromatic carbocycles. The van der Waals surface area contributed by atoms with E-state index in [0.717, 1.165) is 6.07 Å². The van der Waals surface area contributed by atoms with Crippen molar-refractivity contribution in [3.05, 3.63) is 29.1 Å². The number of ether oxygens (including phenoxy) is 3. The molecule has 0 fully saturated rings. The maximum Gasteiger partial charge on any atom is 0.420 e. The number of alkyl carbamates (subject to hydrolysis) is 1. The van der Waals surface area contributed by atoms with Crippen LogP contribution in [0.3, 0.4) is 0 Å². The maximum absolute atomic E-state index is 13.9. The summed E-state index contributed by atoms with van der Waals surface area (Å²) in [5.41, 5.74) is -2.34. The molecule has 0 heterocycles. The van der Waals surface area contributed by atoms with Crippen molar-refractivity contribution in [2.24, 2.45) is 0 Å². The highest BCUT2D eigenvalue weighted by Crippen LogP contribution is 2.41. The van der Waals surface area contributed by atoms with Crippen LogP contribution in [0.25, 0.3) is 0 Å². The SMILES string of the molecule is CCOC(=O)CCCOc1c([C@@H](C)NC(=O)OC(C)(C)C)cc(F)cc1C(F)(F)F. The van der Waals surface area contributed by atoms with E-state index < -0.39 is 47.0 Å². The van der Waals surface area contributed by atoms with Gasteiger partial charge in [0.2, 0.25) is 0 Å². The molecule has 0 radical (unpaired) electrons. The number of amides is 1. The van der Waals surface area contributed by atoms with Gasteiger partial charge in [-0.25, -0.2) is 9.18 Å². The number of carbonyl (C=O) groups excluding carboxylic acids is 2. The van der Waals surface area contributed by atoms with Crippen molar-refractivity contribution in [3.63, 3.8) is 0 Å². The number of esters is 1. The summed E-state index contributed by atoms with van der Waals surface area (Å²) in [6.07, 6.45) is -5.71. The summed E-state index contributed by atoms with van der Waals surface area (Å²) in [5, 5.41) is 2.38. The lowest BCUT2D eigenvalue weighted by molar-refractivity contribution is -0.143. The van der Waals surface area contributed by atoms with Crippen LogP contribution in [-0.4, -0.2) is 30.9 Å². The van der Waals surface area contributed by atoms with Crippen LogP contribution in [0.5, 0.6) is 5.75 Å². The number of hydrogen-bond donors (Lipinski definition) is 1. The summed E-state index contributed by atoms with van der Waals surface area (Å²) in [5.74, 6) is -2.25. The van der Waals surface area contributed by atoms with E-state index in [1.54, 1.807) is 27.7 Å². The zero-order valence-electron chi connectivity index (χ0n) is 17.6. The van der Waals surface area contributed by atoms with Crippen molar-refractivity contribution in [2.45, 2.75) is 65.3 Å². The van der Waals surface area contributed by atoms with Crippen LogP contribution in [0.15, 0.2) is 12.1 Å². The Morgan fingerprint density at radius 3 is 2.33 bits per heavy atom. The van der Waals surface area contributed by atoms with Crippen LogP contribution in [0.4, 0.5) is 22.4 Å². The highest BCUT2D eigenvalue weighted by Gasteiger charge is 2.37. The van der Waals surface area contributed by atoms with Crippen molar-refractivity contribution in [1.82, 2.24) is 5.32 Å². The van der Waals surface area contributed by atoms with Gasteiger partial charge >= 0.3 is 18.2 Å². The minimum atomic E-state index is -4.89. The van der Waals surface area contributed by atoms with Gasteiger partial charge in [0.25, 0.3) is 0 Å². The second-order valence-electron chi connectivity index (χ2n) is 7.49. The highest BCUT2D eigenvalue weighted by atomic mass is 19.4. The monoisotopic (exact) mass is 437 g/mol. The summed E-state index contributed by atoms with van der Waals surface area (Å²) in [7, 11) is 0. The van der Waals surface area contributed by atoms with Crippen LogP contribution in [0, 0.1) is 5.82 Å². The number of nitrogens with one attached hydrogen (secondary N) is 1. The van der Waals surface area contributed by atoms with E-state index in [2.05, 4.69) is 5.32 Å². The molecule has 0 aliphatic carbocycles. The average Bonchev–Trinajstić information content (AvgIpc) is 2.56. The second-order valence-corrected chi connectivity index (χ2v) is 7.49. The number of halogens is 4. The van der Waals surface area contributed by atoms with E-state index in [1.807, 2.05) is 0 Å². The normalized spacial score (nSPS) is 12.8. The number of carbonyl (C=O) groups is 2. The molecule has 1 aromatic rings. The average molecular weight is 437 g/mol. The fourth-order valence-corrected chi connectivity index (χ4v) is 2.49. The number of alkyl halides is 3. The van der Waals surface area contributed by atoms with Gasteiger partial charge < -0.3 is 19.5 Å². The molecule has 1 amide bonds. The topological polar surface area (TPSA) is 73.9 Å². The first-order valence-electron chi connectivity index (χ1n) is 9.43. The molecule has 0 aliphatic rings. The van der Waals surface area contributed by atoms with Crippen LogP contribution in [0.1, 0.15) is 64.6 Å². The molecule has 0 saturated heterocycles. The molecule has 1 rings (SSSR count). The molecule has 30 heavy (non-hydrogen) atoms. The van der Waals surface area contributed by atoms with E-state index >= 15 is 0 Å². The fourth-order valence-electron chi connectivity index (χ4n) is 2.49. The smallest absolute Gasteiger partial charge is 0.420 e. The molecule has 1 N–H and O–H groups in total. The summed E-state index contributed by atoms with van der Waals surface area (Å²) in [6, 6.07) is 0.138. The molecular weight excluding hydrogens is 410 g/mol. The number of rotatable bonds is 8. The van der Waals surface area contributed by atoms with Crippen molar-refractivity contribution in [2.75, 3.05) is 13.2 Å². The Hall–Kier alpha value is -2.52. The Morgan fingerprint density at radius 1 is 1.17 bits per heavy atom. The van der Waals surface area contributed by atoms with E-state index in [-0.39, 0.29) is 31.6 Å². The van der Waals surface area contributed by atoms with Crippen molar-refractivity contribution in [1.29, 1.82) is 0 Å². The Morgan fingerprint density at radius 2 is 1.80 bits per heavy atom. The van der Waals surface area contributed by atoms with Gasteiger partial charge in [-0.2, -0.15) is 13.2 Å². The largest absolute Gasteiger partial charge is 0.493 e. The highest BCUT2D eigenvalue weighted by molar-refractivity contribution is 5.69. The van der Waals surface area contributed by atoms with E-state index in [1.165, 1.54) is 6.92 Å². The Kier molecular flexibility index (Phi) is 8.92. The van der Waals surface area contributed by atoms with Crippen LogP contribution < -0.4 is 10.1 Å². The van der Waals surface area contributed by atoms with E-state index in [9.17, 15) is 27.2 Å². The third kappa shape index (κ3) is 8.46. The maximum atomic E-state index is 13.9. The van der Waals surface area contributed by atoms with Gasteiger partial charge in [-0.3, -0.25) is 4.79 Å². The van der Waals surface area contributed by atoms with Crippen LogP contribution >= 0.6 is 0 Å². The molecule has 0 bridgehead atoms. The lowest BCUT2D eigenvalue weighted by atomic mass is 10.0. The molecule has 170 valence electrons. The first kappa shape index (κ1) is 25.5. The Labute approximate surface area is 172 Å². The van der Waals surface area contributed by atoms with Crippen LogP contribution in [0.2, 0.25) is 0 Å². The predicted octanol–water partition coefficient (Wildman–Crippen LogP) is 5.15. The molecule has 0 aromatic heterocycles. The standard InChI is InChI=1S/C20H27F4NO5/c1-6-28-16(26)8-7-9-29-17-14(10-13(21)11-15(17)20(22,23)24)12(2)25-18(27)30-19(3,4)5/h10-12H,6-9H2,1-5H3,(H,25,27)/t12-/m1/s1. The minimum Gasteiger partial charge on any atom is -0.493 e. The second kappa shape index (κ2) is 10.5. The first-order chi connectivity index (χ1) is 13.7. The molecule has 0 aliphatic heterocycles. The summed E-state index contributed by atoms with van der Waals surface area (Å²) in [4.78, 5) is 23.3. The lowest BCUT2D eigenvalue weighted by Crippen LogP contribution is -2.34. The molecule has 0 spiro atoms. The Balaban J connectivity index is 3.10. The van der Waals surface area contributed by atoms with Gasteiger partial charge in [-0.15, -0.1) is 0 Å². The zero-order valence-corrected chi connectivity index (χ0v) is 17.6. The van der Waals surface area contributed by atoms with Gasteiger partial charge in [-0.05, 0) is 53.2 Å². The Bertz CT molecular complexity index is 744. The summed E-state index contributed by atoms with van der Waals surface area (Å²) >= 11 is 0. The summed E-state index contributed by atoms with van der Waals surface area (Å²) in [6.45, 7) is 7.84. The molecular formula is C20H27F4NO5. The lowest BCUT2D eigenvalue weighted by Gasteiger charge is -2.24. The van der Waals surface area contributed by atoms with Crippen molar-refractivity contribution < 1.29 is 41.4 Å². The molecule has 0 saturated carbocycles. The zero-order chi connectivity index (χ0) is 23.1. The van der Waals surface area contributed by atoms with Gasteiger partial charge in [-0.1, -0.05) is 0 Å². The fraction of sp³-hybridized carbons (Fsp3) is 0.600. The van der Waals surface area contributed by atoms with E-state index in [0.29, 0.717) is 6.07 Å². The van der Waals surface area contributed by atoms with Crippen molar-refractivity contribution >= 4 is 12.1 Å². The van der Waals surface area contributed by atoms with Gasteiger partial charge in [0.15, 0.2) is 0 Å². The quantitative estimate of drug-likeness (QED) is 0.346. The minimum absolute atomic E-state index is 0.0442. The molecule has 0 unspecified atom stereocenters. The third-order valence-corrected chi connectivity index (χ3v) is 3.66. The van der Waals surface area contributed by atoms with Crippen LogP contribution in [-0.2, 0) is 20.4 Å². The van der Waals surface area contributed by atoms with Gasteiger partial charge in [0.1, 0.15) is 22.7 Å². The third-order valence-electron chi connectivity index (χ3n) is 3.66. The predicted molar refractivity (Wildman–Crippen MR) is 101 cm³/mol. The molecule has 1 atom stereocenters. The van der Waals surface area contributed by atoms with Crippen molar-refractivity contribution in [3.8, 4) is 5.75 Å². The molecule has 10 heteroatoms.